The van der Waals surface area contributed by atoms with Crippen LogP contribution in [0.4, 0.5) is 19.7 Å². The van der Waals surface area contributed by atoms with Crippen molar-refractivity contribution in [3.63, 3.8) is 0 Å². The van der Waals surface area contributed by atoms with E-state index in [1.807, 2.05) is 0 Å². The number of cyclic esters (lactones) is 1. The molecule has 1 atom stereocenters. The van der Waals surface area contributed by atoms with Gasteiger partial charge in [0.1, 0.15) is 18.3 Å². The summed E-state index contributed by atoms with van der Waals surface area (Å²) in [6, 6.07) is 3.99. The van der Waals surface area contributed by atoms with Gasteiger partial charge in [-0.15, -0.1) is 0 Å². The first-order valence-electron chi connectivity index (χ1n) is 9.52. The molecule has 3 rings (SSSR count). The van der Waals surface area contributed by atoms with Gasteiger partial charge in [0.25, 0.3) is 0 Å². The number of nitrogens with one attached hydrogen (secondary N) is 1. The Morgan fingerprint density at radius 2 is 2.07 bits per heavy atom. The van der Waals surface area contributed by atoms with Crippen molar-refractivity contribution in [2.24, 2.45) is 0 Å². The summed E-state index contributed by atoms with van der Waals surface area (Å²) in [6.07, 6.45) is -1.84. The molecule has 0 aromatic heterocycles. The molecule has 0 saturated carbocycles. The van der Waals surface area contributed by atoms with Crippen LogP contribution in [0.2, 0.25) is 0 Å². The second-order valence-electron chi connectivity index (χ2n) is 7.45. The van der Waals surface area contributed by atoms with Crippen molar-refractivity contribution in [1.29, 1.82) is 0 Å². The monoisotopic (exact) mass is 425 g/mol. The van der Waals surface area contributed by atoms with Crippen LogP contribution in [0.25, 0.3) is 0 Å². The summed E-state index contributed by atoms with van der Waals surface area (Å²) in [5.41, 5.74) is -0.962. The van der Waals surface area contributed by atoms with Gasteiger partial charge in [0, 0.05) is 26.1 Å². The lowest BCUT2D eigenvalue weighted by atomic mass is 9.92. The summed E-state index contributed by atoms with van der Waals surface area (Å²) < 4.78 is 25.1. The number of carbonyl (C=O) groups is 3. The first kappa shape index (κ1) is 21.6. The Morgan fingerprint density at radius 1 is 1.37 bits per heavy atom. The molecule has 2 saturated heterocycles. The highest BCUT2D eigenvalue weighted by atomic mass is 19.1. The van der Waals surface area contributed by atoms with E-state index in [4.69, 9.17) is 14.6 Å². The molecular weight excluding hydrogens is 401 g/mol. The summed E-state index contributed by atoms with van der Waals surface area (Å²) >= 11 is 0. The van der Waals surface area contributed by atoms with Crippen LogP contribution in [0.15, 0.2) is 18.2 Å². The third-order valence-electron chi connectivity index (χ3n) is 5.14. The zero-order chi connectivity index (χ0) is 21.9. The molecule has 1 aromatic carbocycles. The number of hydrogen-bond acceptors (Lipinski definition) is 6. The minimum atomic E-state index is -1.24. The molecule has 3 amide bonds. The number of nitrogens with zero attached hydrogens (tertiary/aromatic N) is 2. The Kier molecular flexibility index (Phi) is 6.30. The fraction of sp³-hybridized carbons (Fsp3) is 0.526. The van der Waals surface area contributed by atoms with Gasteiger partial charge in [0.05, 0.1) is 18.8 Å². The van der Waals surface area contributed by atoms with Crippen molar-refractivity contribution in [3.8, 4) is 5.75 Å². The van der Waals surface area contributed by atoms with Crippen molar-refractivity contribution in [2.75, 3.05) is 37.7 Å². The van der Waals surface area contributed by atoms with Gasteiger partial charge in [0.15, 0.2) is 11.6 Å². The topological polar surface area (TPSA) is 129 Å². The van der Waals surface area contributed by atoms with E-state index in [1.54, 1.807) is 0 Å². The van der Waals surface area contributed by atoms with E-state index >= 15 is 0 Å². The number of likely N-dealkylation sites (tertiary alicyclic amines) is 1. The molecule has 0 unspecified atom stereocenters. The fourth-order valence-corrected chi connectivity index (χ4v) is 3.34. The Morgan fingerprint density at radius 3 is 2.67 bits per heavy atom. The molecule has 164 valence electrons. The third kappa shape index (κ3) is 5.09. The number of halogens is 1. The second-order valence-corrected chi connectivity index (χ2v) is 7.45. The highest BCUT2D eigenvalue weighted by Crippen LogP contribution is 2.29. The molecule has 30 heavy (non-hydrogen) atoms. The van der Waals surface area contributed by atoms with Crippen LogP contribution >= 0.6 is 0 Å². The molecule has 11 heteroatoms. The minimum absolute atomic E-state index is 0.0878. The first-order valence-corrected chi connectivity index (χ1v) is 9.52. The van der Waals surface area contributed by atoms with Gasteiger partial charge in [-0.25, -0.2) is 14.0 Å². The van der Waals surface area contributed by atoms with Crippen LogP contribution in [-0.2, 0) is 9.53 Å². The number of hydrogen-bond donors (Lipinski definition) is 3. The first-order chi connectivity index (χ1) is 14.2. The van der Waals surface area contributed by atoms with E-state index in [-0.39, 0.29) is 63.0 Å². The molecule has 10 nitrogen and oxygen atoms in total. The number of amides is 3. The second kappa shape index (κ2) is 8.74. The predicted octanol–water partition coefficient (Wildman–Crippen LogP) is 1.17. The standard InChI is InChI=1S/C19H24FN3O7/c1-12(24)21-9-14-10-23(18(27)30-14)13-2-3-16(15(20)8-13)29-11-19(28)4-6-22(7-5-19)17(25)26/h2-3,8,14,28H,4-7,9-11H2,1H3,(H,21,24)(H,25,26)/t14-/m0/s1. The zero-order valence-corrected chi connectivity index (χ0v) is 16.5. The Hall–Kier alpha value is -3.08. The number of piperidine rings is 1. The van der Waals surface area contributed by atoms with Crippen molar-refractivity contribution >= 4 is 23.8 Å². The van der Waals surface area contributed by atoms with E-state index in [0.29, 0.717) is 0 Å². The summed E-state index contributed by atoms with van der Waals surface area (Å²) in [5.74, 6) is -1.04. The van der Waals surface area contributed by atoms with Crippen molar-refractivity contribution < 1.29 is 38.5 Å². The summed E-state index contributed by atoms with van der Waals surface area (Å²) in [6.45, 7) is 1.86. The molecule has 2 heterocycles. The molecule has 1 aromatic rings. The number of carboxylic acid groups (broad SMARTS) is 1. The molecule has 2 aliphatic heterocycles. The molecule has 0 radical (unpaired) electrons. The Balaban J connectivity index is 1.57. The Bertz CT molecular complexity index is 826. The summed E-state index contributed by atoms with van der Waals surface area (Å²) in [4.78, 5) is 36.4. The maximum absolute atomic E-state index is 14.5. The number of anilines is 1. The molecule has 3 N–H and O–H groups in total. The third-order valence-corrected chi connectivity index (χ3v) is 5.14. The van der Waals surface area contributed by atoms with E-state index in [1.165, 1.54) is 28.9 Å². The van der Waals surface area contributed by atoms with E-state index in [0.717, 1.165) is 6.07 Å². The molecule has 0 bridgehead atoms. The Labute approximate surface area is 172 Å². The van der Waals surface area contributed by atoms with Gasteiger partial charge in [-0.3, -0.25) is 9.69 Å². The largest absolute Gasteiger partial charge is 0.488 e. The highest BCUT2D eigenvalue weighted by molar-refractivity contribution is 5.90. The highest BCUT2D eigenvalue weighted by Gasteiger charge is 2.35. The quantitative estimate of drug-likeness (QED) is 0.624. The van der Waals surface area contributed by atoms with Crippen molar-refractivity contribution in [1.82, 2.24) is 10.2 Å². The molecule has 2 fully saturated rings. The van der Waals surface area contributed by atoms with Gasteiger partial charge in [-0.2, -0.15) is 0 Å². The van der Waals surface area contributed by atoms with Gasteiger partial charge in [0.2, 0.25) is 5.91 Å². The number of aliphatic hydroxyl groups is 1. The maximum atomic E-state index is 14.5. The smallest absolute Gasteiger partial charge is 0.414 e. The molecule has 0 aliphatic carbocycles. The van der Waals surface area contributed by atoms with Crippen molar-refractivity contribution in [2.45, 2.75) is 31.5 Å². The van der Waals surface area contributed by atoms with Gasteiger partial charge in [-0.05, 0) is 25.0 Å². The average Bonchev–Trinajstić information content (AvgIpc) is 3.06. The van der Waals surface area contributed by atoms with Crippen LogP contribution in [0.5, 0.6) is 5.75 Å². The van der Waals surface area contributed by atoms with Crippen LogP contribution in [0.1, 0.15) is 19.8 Å². The number of benzene rings is 1. The van der Waals surface area contributed by atoms with Crippen LogP contribution < -0.4 is 15.0 Å². The lowest BCUT2D eigenvalue weighted by Crippen LogP contribution is -2.49. The minimum Gasteiger partial charge on any atom is -0.488 e. The van der Waals surface area contributed by atoms with Crippen LogP contribution in [0.3, 0.4) is 0 Å². The normalized spacial score (nSPS) is 20.6. The van der Waals surface area contributed by atoms with E-state index < -0.39 is 29.7 Å². The predicted molar refractivity (Wildman–Crippen MR) is 102 cm³/mol. The van der Waals surface area contributed by atoms with Gasteiger partial charge in [-0.1, -0.05) is 0 Å². The van der Waals surface area contributed by atoms with E-state index in [2.05, 4.69) is 5.32 Å². The zero-order valence-electron chi connectivity index (χ0n) is 16.5. The molecule has 0 spiro atoms. The van der Waals surface area contributed by atoms with Crippen LogP contribution in [0, 0.1) is 5.82 Å². The van der Waals surface area contributed by atoms with Crippen molar-refractivity contribution in [3.05, 3.63) is 24.0 Å². The SMILES string of the molecule is CC(=O)NC[C@H]1CN(c2ccc(OCC3(O)CCN(C(=O)O)CC3)c(F)c2)C(=O)O1. The molecular formula is C19H24FN3O7. The summed E-state index contributed by atoms with van der Waals surface area (Å²) in [5, 5.41) is 22.1. The molecule has 2 aliphatic rings. The van der Waals surface area contributed by atoms with E-state index in [9.17, 15) is 23.9 Å². The fourth-order valence-electron chi connectivity index (χ4n) is 3.34. The number of rotatable bonds is 6. The van der Waals surface area contributed by atoms with Crippen LogP contribution in [-0.4, -0.2) is 77.7 Å². The number of ether oxygens (including phenoxy) is 2. The lowest BCUT2D eigenvalue weighted by Gasteiger charge is -2.36. The van der Waals surface area contributed by atoms with Gasteiger partial charge >= 0.3 is 12.2 Å². The average molecular weight is 425 g/mol. The summed E-state index contributed by atoms with van der Waals surface area (Å²) in [7, 11) is 0. The lowest BCUT2D eigenvalue weighted by molar-refractivity contribution is -0.119. The van der Waals surface area contributed by atoms with Gasteiger partial charge < -0.3 is 29.9 Å². The maximum Gasteiger partial charge on any atom is 0.414 e. The number of carbonyl (C=O) groups excluding carboxylic acids is 2.